The first-order valence-corrected chi connectivity index (χ1v) is 6.56. The van der Waals surface area contributed by atoms with Gasteiger partial charge in [0.25, 0.3) is 5.91 Å². The molecule has 1 atom stereocenters. The van der Waals surface area contributed by atoms with Crippen LogP contribution in [0.2, 0.25) is 0 Å². The number of anilines is 1. The van der Waals surface area contributed by atoms with Crippen molar-refractivity contribution in [2.75, 3.05) is 32.1 Å². The molecule has 1 heterocycles. The summed E-state index contributed by atoms with van der Waals surface area (Å²) in [5, 5.41) is 6.02. The van der Waals surface area contributed by atoms with Crippen LogP contribution in [0.5, 0.6) is 0 Å². The third kappa shape index (κ3) is 5.26. The van der Waals surface area contributed by atoms with Gasteiger partial charge in [0.05, 0.1) is 6.61 Å². The fourth-order valence-electron chi connectivity index (χ4n) is 1.78. The van der Waals surface area contributed by atoms with Crippen molar-refractivity contribution in [3.05, 3.63) is 23.4 Å². The molecule has 5 heteroatoms. The maximum absolute atomic E-state index is 12.1. The molecule has 5 nitrogen and oxygen atoms in total. The molecule has 0 spiro atoms. The maximum Gasteiger partial charge on any atom is 0.251 e. The van der Waals surface area contributed by atoms with E-state index < -0.39 is 0 Å². The number of hydrogen-bond acceptors (Lipinski definition) is 4. The van der Waals surface area contributed by atoms with Gasteiger partial charge in [0.15, 0.2) is 0 Å². The molecule has 1 amide bonds. The molecule has 1 aromatic heterocycles. The number of aryl methyl sites for hydroxylation is 1. The second-order valence-corrected chi connectivity index (χ2v) is 4.68. The van der Waals surface area contributed by atoms with Crippen molar-refractivity contribution in [1.29, 1.82) is 0 Å². The van der Waals surface area contributed by atoms with E-state index in [1.54, 1.807) is 19.2 Å². The summed E-state index contributed by atoms with van der Waals surface area (Å²) in [6.45, 7) is 7.93. The number of nitrogens with one attached hydrogen (secondary N) is 2. The highest BCUT2D eigenvalue weighted by Crippen LogP contribution is 2.10. The van der Waals surface area contributed by atoms with Crippen LogP contribution in [-0.2, 0) is 4.74 Å². The predicted molar refractivity (Wildman–Crippen MR) is 76.5 cm³/mol. The Labute approximate surface area is 114 Å². The van der Waals surface area contributed by atoms with E-state index in [4.69, 9.17) is 4.74 Å². The first-order valence-electron chi connectivity index (χ1n) is 6.56. The number of amides is 1. The van der Waals surface area contributed by atoms with Gasteiger partial charge in [-0.3, -0.25) is 4.79 Å². The fourth-order valence-corrected chi connectivity index (χ4v) is 1.78. The van der Waals surface area contributed by atoms with Crippen LogP contribution in [0.4, 0.5) is 5.82 Å². The van der Waals surface area contributed by atoms with Gasteiger partial charge in [0.2, 0.25) is 0 Å². The van der Waals surface area contributed by atoms with E-state index in [9.17, 15) is 4.79 Å². The summed E-state index contributed by atoms with van der Waals surface area (Å²) in [6.07, 6.45) is 0. The van der Waals surface area contributed by atoms with Crippen LogP contribution >= 0.6 is 0 Å². The van der Waals surface area contributed by atoms with E-state index in [0.29, 0.717) is 24.6 Å². The van der Waals surface area contributed by atoms with Crippen molar-refractivity contribution in [2.45, 2.75) is 20.8 Å². The molecule has 0 aliphatic carbocycles. The number of hydrogen-bond donors (Lipinski definition) is 2. The molecule has 0 radical (unpaired) electrons. The molecule has 1 rings (SSSR count). The second-order valence-electron chi connectivity index (χ2n) is 4.68. The molecule has 0 aliphatic heterocycles. The first-order chi connectivity index (χ1) is 9.06. The largest absolute Gasteiger partial charge is 0.384 e. The lowest BCUT2D eigenvalue weighted by atomic mass is 10.1. The fraction of sp³-hybridized carbons (Fsp3) is 0.571. The molecule has 19 heavy (non-hydrogen) atoms. The molecular formula is C14H23N3O2. The van der Waals surface area contributed by atoms with E-state index in [1.165, 1.54) is 0 Å². The average Bonchev–Trinajstić information content (AvgIpc) is 2.36. The number of methoxy groups -OCH3 is 1. The summed E-state index contributed by atoms with van der Waals surface area (Å²) in [6, 6.07) is 3.56. The molecule has 0 fully saturated rings. The molecule has 2 N–H and O–H groups in total. The van der Waals surface area contributed by atoms with Crippen molar-refractivity contribution in [2.24, 2.45) is 5.92 Å². The first kappa shape index (κ1) is 15.4. The van der Waals surface area contributed by atoms with Gasteiger partial charge in [0, 0.05) is 31.5 Å². The van der Waals surface area contributed by atoms with Gasteiger partial charge in [-0.2, -0.15) is 0 Å². The summed E-state index contributed by atoms with van der Waals surface area (Å²) >= 11 is 0. The minimum Gasteiger partial charge on any atom is -0.384 e. The molecule has 0 bridgehead atoms. The number of aromatic nitrogens is 1. The van der Waals surface area contributed by atoms with Crippen LogP contribution in [0.1, 0.15) is 29.9 Å². The summed E-state index contributed by atoms with van der Waals surface area (Å²) in [4.78, 5) is 16.4. The van der Waals surface area contributed by atoms with Crippen molar-refractivity contribution in [1.82, 2.24) is 10.3 Å². The minimum absolute atomic E-state index is 0.0763. The summed E-state index contributed by atoms with van der Waals surface area (Å²) in [7, 11) is 1.66. The molecule has 0 aromatic carbocycles. The topological polar surface area (TPSA) is 63.2 Å². The molecule has 1 unspecified atom stereocenters. The van der Waals surface area contributed by atoms with Crippen LogP contribution in [0.25, 0.3) is 0 Å². The SMILES string of the molecule is CCNc1cc(C(=O)NCC(C)COC)cc(C)n1. The van der Waals surface area contributed by atoms with Gasteiger partial charge in [-0.25, -0.2) is 4.98 Å². The number of rotatable bonds is 7. The monoisotopic (exact) mass is 265 g/mol. The van der Waals surface area contributed by atoms with E-state index in [1.807, 2.05) is 20.8 Å². The smallest absolute Gasteiger partial charge is 0.251 e. The van der Waals surface area contributed by atoms with E-state index >= 15 is 0 Å². The number of carbonyl (C=O) groups is 1. The highest BCUT2D eigenvalue weighted by atomic mass is 16.5. The van der Waals surface area contributed by atoms with E-state index in [2.05, 4.69) is 15.6 Å². The van der Waals surface area contributed by atoms with Crippen LogP contribution in [-0.4, -0.2) is 37.7 Å². The highest BCUT2D eigenvalue weighted by molar-refractivity contribution is 5.95. The van der Waals surface area contributed by atoms with Crippen molar-refractivity contribution in [3.8, 4) is 0 Å². The lowest BCUT2D eigenvalue weighted by Gasteiger charge is -2.12. The Morgan fingerprint density at radius 3 is 2.84 bits per heavy atom. The Morgan fingerprint density at radius 2 is 2.21 bits per heavy atom. The van der Waals surface area contributed by atoms with Gasteiger partial charge in [-0.1, -0.05) is 6.92 Å². The number of nitrogens with zero attached hydrogens (tertiary/aromatic N) is 1. The van der Waals surface area contributed by atoms with E-state index in [-0.39, 0.29) is 5.91 Å². The summed E-state index contributed by atoms with van der Waals surface area (Å²) in [5.41, 5.74) is 1.46. The molecular weight excluding hydrogens is 242 g/mol. The van der Waals surface area contributed by atoms with Crippen LogP contribution in [0.15, 0.2) is 12.1 Å². The van der Waals surface area contributed by atoms with Crippen LogP contribution in [0, 0.1) is 12.8 Å². The van der Waals surface area contributed by atoms with Gasteiger partial charge < -0.3 is 15.4 Å². The molecule has 0 saturated heterocycles. The zero-order chi connectivity index (χ0) is 14.3. The number of ether oxygens (including phenoxy) is 1. The maximum atomic E-state index is 12.1. The van der Waals surface area contributed by atoms with Crippen molar-refractivity contribution >= 4 is 11.7 Å². The summed E-state index contributed by atoms with van der Waals surface area (Å²) in [5.74, 6) is 0.954. The Bertz CT molecular complexity index is 421. The van der Waals surface area contributed by atoms with Crippen molar-refractivity contribution < 1.29 is 9.53 Å². The quantitative estimate of drug-likeness (QED) is 0.789. The minimum atomic E-state index is -0.0763. The third-order valence-electron chi connectivity index (χ3n) is 2.64. The zero-order valence-electron chi connectivity index (χ0n) is 12.1. The molecule has 0 saturated carbocycles. The van der Waals surface area contributed by atoms with Gasteiger partial charge in [0.1, 0.15) is 5.82 Å². The molecule has 0 aliphatic rings. The third-order valence-corrected chi connectivity index (χ3v) is 2.64. The van der Waals surface area contributed by atoms with Crippen LogP contribution in [0.3, 0.4) is 0 Å². The molecule has 1 aromatic rings. The summed E-state index contributed by atoms with van der Waals surface area (Å²) < 4.78 is 5.04. The Morgan fingerprint density at radius 1 is 1.47 bits per heavy atom. The van der Waals surface area contributed by atoms with Gasteiger partial charge in [-0.05, 0) is 31.9 Å². The average molecular weight is 265 g/mol. The standard InChI is InChI=1S/C14H23N3O2/c1-5-15-13-7-12(6-11(3)17-13)14(18)16-8-10(2)9-19-4/h6-7,10H,5,8-9H2,1-4H3,(H,15,17)(H,16,18). The normalized spacial score (nSPS) is 12.0. The predicted octanol–water partition coefficient (Wildman–Crippen LogP) is 1.83. The van der Waals surface area contributed by atoms with Gasteiger partial charge >= 0.3 is 0 Å². The second kappa shape index (κ2) is 7.74. The number of pyridine rings is 1. The van der Waals surface area contributed by atoms with E-state index in [0.717, 1.165) is 18.1 Å². The lowest BCUT2D eigenvalue weighted by molar-refractivity contribution is 0.0934. The highest BCUT2D eigenvalue weighted by Gasteiger charge is 2.10. The Kier molecular flexibility index (Phi) is 6.29. The van der Waals surface area contributed by atoms with Crippen molar-refractivity contribution in [3.63, 3.8) is 0 Å². The Balaban J connectivity index is 2.65. The number of carbonyl (C=O) groups excluding carboxylic acids is 1. The van der Waals surface area contributed by atoms with Gasteiger partial charge in [-0.15, -0.1) is 0 Å². The Hall–Kier alpha value is -1.62. The van der Waals surface area contributed by atoms with Crippen LogP contribution < -0.4 is 10.6 Å². The zero-order valence-corrected chi connectivity index (χ0v) is 12.1. The molecule has 106 valence electrons. The lowest BCUT2D eigenvalue weighted by Crippen LogP contribution is -2.30.